The van der Waals surface area contributed by atoms with Gasteiger partial charge in [0.1, 0.15) is 24.2 Å². The van der Waals surface area contributed by atoms with E-state index in [1.165, 1.54) is 13.8 Å². The van der Waals surface area contributed by atoms with Crippen LogP contribution in [0.3, 0.4) is 0 Å². The first kappa shape index (κ1) is 34.7. The summed E-state index contributed by atoms with van der Waals surface area (Å²) in [5.41, 5.74) is 12.9. The average molecular weight is 604 g/mol. The molecule has 0 bridgehead atoms. The third kappa shape index (κ3) is 11.0. The second kappa shape index (κ2) is 16.8. The number of carboxylic acid groups (broad SMARTS) is 2. The number of nitrogens with one attached hydrogen (secondary N) is 5. The summed E-state index contributed by atoms with van der Waals surface area (Å²) in [6.07, 6.45) is 2.63. The number of hydrogen-bond acceptors (Lipinski definition) is 8. The maximum Gasteiger partial charge on any atom is 0.326 e. The first-order valence-corrected chi connectivity index (χ1v) is 14.0. The van der Waals surface area contributed by atoms with Crippen molar-refractivity contribution in [3.05, 3.63) is 36.0 Å². The number of H-pyrrole nitrogens is 1. The van der Waals surface area contributed by atoms with E-state index in [0.717, 1.165) is 10.9 Å². The van der Waals surface area contributed by atoms with Gasteiger partial charge in [-0.2, -0.15) is 0 Å². The molecule has 0 saturated carbocycles. The number of fused-ring (bicyclic) bond motifs is 1. The molecule has 43 heavy (non-hydrogen) atoms. The SMILES string of the molecule is C[C@H](NC(=O)[C@H](Cc1c[nH]c2ccccc12)NC(=O)[C@H](C)NC(=O)[C@@H](N)CCCCN)C(=O)N[C@@H](CCC(=O)O)C(=O)O. The second-order valence-corrected chi connectivity index (χ2v) is 10.3. The summed E-state index contributed by atoms with van der Waals surface area (Å²) in [5, 5.41) is 28.8. The molecule has 0 saturated heterocycles. The highest BCUT2D eigenvalue weighted by Gasteiger charge is 2.30. The molecule has 0 aliphatic heterocycles. The van der Waals surface area contributed by atoms with E-state index in [4.69, 9.17) is 16.6 Å². The standard InChI is InChI=1S/C28H41N7O8/c1-15(32-26(40)19(30)8-5-6-12-29)25(39)35-22(13-17-14-31-20-9-4-3-7-18(17)20)27(41)33-16(2)24(38)34-21(28(42)43)10-11-23(36)37/h3-4,7,9,14-16,19,21-22,31H,5-6,8,10-13,29-30H2,1-2H3,(H,32,40)(H,33,41)(H,34,38)(H,35,39)(H,36,37)(H,42,43)/t15-,16-,19-,21-,22-/m0/s1. The lowest BCUT2D eigenvalue weighted by Crippen LogP contribution is -2.58. The Hall–Kier alpha value is -4.50. The Morgan fingerprint density at radius 2 is 1.42 bits per heavy atom. The van der Waals surface area contributed by atoms with Crippen LogP contribution in [0.15, 0.2) is 30.5 Å². The number of benzene rings is 1. The molecule has 0 aliphatic carbocycles. The summed E-state index contributed by atoms with van der Waals surface area (Å²) < 4.78 is 0. The van der Waals surface area contributed by atoms with Crippen LogP contribution in [-0.4, -0.2) is 87.5 Å². The van der Waals surface area contributed by atoms with Gasteiger partial charge in [-0.25, -0.2) is 4.79 Å². The van der Waals surface area contributed by atoms with Crippen LogP contribution in [0.5, 0.6) is 0 Å². The molecule has 0 fully saturated rings. The topological polar surface area (TPSA) is 259 Å². The predicted molar refractivity (Wildman–Crippen MR) is 156 cm³/mol. The van der Waals surface area contributed by atoms with Crippen molar-refractivity contribution in [2.45, 2.75) is 82.6 Å². The fraction of sp³-hybridized carbons (Fsp3) is 0.500. The molecule has 1 aromatic heterocycles. The van der Waals surface area contributed by atoms with Crippen LogP contribution in [0.4, 0.5) is 0 Å². The Kier molecular flexibility index (Phi) is 13.6. The van der Waals surface area contributed by atoms with Crippen molar-refractivity contribution in [3.63, 3.8) is 0 Å². The Morgan fingerprint density at radius 3 is 2.02 bits per heavy atom. The van der Waals surface area contributed by atoms with E-state index in [9.17, 15) is 33.9 Å². The average Bonchev–Trinajstić information content (AvgIpc) is 3.36. The van der Waals surface area contributed by atoms with E-state index in [1.54, 1.807) is 6.20 Å². The zero-order valence-corrected chi connectivity index (χ0v) is 24.2. The summed E-state index contributed by atoms with van der Waals surface area (Å²) in [7, 11) is 0. The van der Waals surface area contributed by atoms with Crippen molar-refractivity contribution in [2.24, 2.45) is 11.5 Å². The van der Waals surface area contributed by atoms with E-state index < -0.39 is 72.2 Å². The highest BCUT2D eigenvalue weighted by atomic mass is 16.4. The van der Waals surface area contributed by atoms with Gasteiger partial charge in [-0.3, -0.25) is 24.0 Å². The number of carbonyl (C=O) groups is 6. The molecule has 236 valence electrons. The highest BCUT2D eigenvalue weighted by molar-refractivity contribution is 5.96. The number of para-hydroxylation sites is 1. The van der Waals surface area contributed by atoms with E-state index in [1.807, 2.05) is 24.3 Å². The van der Waals surface area contributed by atoms with Gasteiger partial charge >= 0.3 is 11.9 Å². The third-order valence-corrected chi connectivity index (χ3v) is 6.80. The summed E-state index contributed by atoms with van der Waals surface area (Å²) in [6, 6.07) is 1.55. The number of aromatic nitrogens is 1. The normalized spacial score (nSPS) is 14.5. The number of nitrogens with two attached hydrogens (primary N) is 2. The predicted octanol–water partition coefficient (Wildman–Crippen LogP) is -0.905. The first-order valence-electron chi connectivity index (χ1n) is 14.0. The lowest BCUT2D eigenvalue weighted by molar-refractivity contribution is -0.143. The summed E-state index contributed by atoms with van der Waals surface area (Å²) in [6.45, 7) is 3.24. The first-order chi connectivity index (χ1) is 20.3. The molecule has 1 aromatic carbocycles. The van der Waals surface area contributed by atoms with Gasteiger partial charge in [0.05, 0.1) is 6.04 Å². The number of unbranched alkanes of at least 4 members (excludes halogenated alkanes) is 1. The molecule has 11 N–H and O–H groups in total. The zero-order valence-electron chi connectivity index (χ0n) is 24.2. The number of aromatic amines is 1. The van der Waals surface area contributed by atoms with Crippen LogP contribution in [0, 0.1) is 0 Å². The summed E-state index contributed by atoms with van der Waals surface area (Å²) >= 11 is 0. The minimum absolute atomic E-state index is 0.0194. The molecule has 5 atom stereocenters. The maximum absolute atomic E-state index is 13.4. The molecular weight excluding hydrogens is 562 g/mol. The smallest absolute Gasteiger partial charge is 0.326 e. The molecule has 0 aliphatic rings. The van der Waals surface area contributed by atoms with Crippen LogP contribution in [-0.2, 0) is 35.2 Å². The van der Waals surface area contributed by atoms with E-state index in [-0.39, 0.29) is 12.8 Å². The molecule has 0 unspecified atom stereocenters. The number of carbonyl (C=O) groups excluding carboxylic acids is 4. The van der Waals surface area contributed by atoms with Gasteiger partial charge < -0.3 is 47.9 Å². The number of carboxylic acids is 2. The molecule has 15 nitrogen and oxygen atoms in total. The fourth-order valence-electron chi connectivity index (χ4n) is 4.25. The van der Waals surface area contributed by atoms with Crippen LogP contribution >= 0.6 is 0 Å². The van der Waals surface area contributed by atoms with Crippen molar-refractivity contribution in [1.82, 2.24) is 26.3 Å². The summed E-state index contributed by atoms with van der Waals surface area (Å²) in [4.78, 5) is 77.0. The highest BCUT2D eigenvalue weighted by Crippen LogP contribution is 2.19. The van der Waals surface area contributed by atoms with Gasteiger partial charge in [0.25, 0.3) is 0 Å². The molecule has 2 aromatic rings. The van der Waals surface area contributed by atoms with Crippen LogP contribution < -0.4 is 32.7 Å². The third-order valence-electron chi connectivity index (χ3n) is 6.80. The van der Waals surface area contributed by atoms with Gasteiger partial charge in [-0.1, -0.05) is 24.6 Å². The Balaban J connectivity index is 2.15. The van der Waals surface area contributed by atoms with Crippen molar-refractivity contribution < 1.29 is 39.0 Å². The maximum atomic E-state index is 13.4. The van der Waals surface area contributed by atoms with E-state index >= 15 is 0 Å². The molecule has 2 rings (SSSR count). The van der Waals surface area contributed by atoms with Crippen LogP contribution in [0.2, 0.25) is 0 Å². The fourth-order valence-corrected chi connectivity index (χ4v) is 4.25. The molecule has 15 heteroatoms. The van der Waals surface area contributed by atoms with Crippen molar-refractivity contribution in [2.75, 3.05) is 6.54 Å². The number of amides is 4. The molecule has 0 spiro atoms. The Morgan fingerprint density at radius 1 is 0.814 bits per heavy atom. The number of rotatable bonds is 18. The molecular formula is C28H41N7O8. The van der Waals surface area contributed by atoms with Gasteiger partial charge in [0.15, 0.2) is 0 Å². The Bertz CT molecular complexity index is 1300. The van der Waals surface area contributed by atoms with Crippen LogP contribution in [0.25, 0.3) is 10.9 Å². The van der Waals surface area contributed by atoms with Gasteiger partial charge in [-0.05, 0) is 51.3 Å². The Labute approximate surface area is 248 Å². The molecule has 0 radical (unpaired) electrons. The lowest BCUT2D eigenvalue weighted by atomic mass is 10.0. The van der Waals surface area contributed by atoms with Gasteiger partial charge in [0, 0.05) is 29.9 Å². The second-order valence-electron chi connectivity index (χ2n) is 10.3. The lowest BCUT2D eigenvalue weighted by Gasteiger charge is -2.24. The largest absolute Gasteiger partial charge is 0.481 e. The van der Waals surface area contributed by atoms with E-state index in [0.29, 0.717) is 31.4 Å². The molecule has 1 heterocycles. The van der Waals surface area contributed by atoms with Gasteiger partial charge in [0.2, 0.25) is 23.6 Å². The number of hydrogen-bond donors (Lipinski definition) is 9. The minimum atomic E-state index is -1.48. The zero-order chi connectivity index (χ0) is 32.1. The van der Waals surface area contributed by atoms with Crippen molar-refractivity contribution >= 4 is 46.5 Å². The minimum Gasteiger partial charge on any atom is -0.481 e. The summed E-state index contributed by atoms with van der Waals surface area (Å²) in [5.74, 6) is -5.44. The quantitative estimate of drug-likeness (QED) is 0.0948. The van der Waals surface area contributed by atoms with Gasteiger partial charge in [-0.15, -0.1) is 0 Å². The number of aliphatic carboxylic acids is 2. The van der Waals surface area contributed by atoms with Crippen molar-refractivity contribution in [1.29, 1.82) is 0 Å². The monoisotopic (exact) mass is 603 g/mol. The van der Waals surface area contributed by atoms with Crippen LogP contribution in [0.1, 0.15) is 51.5 Å². The van der Waals surface area contributed by atoms with E-state index in [2.05, 4.69) is 26.3 Å². The van der Waals surface area contributed by atoms with Crippen molar-refractivity contribution in [3.8, 4) is 0 Å². The molecule has 4 amide bonds.